The quantitative estimate of drug-likeness (QED) is 0.329. The number of hydrogen-bond acceptors (Lipinski definition) is 4. The molecule has 0 bridgehead atoms. The summed E-state index contributed by atoms with van der Waals surface area (Å²) in [6, 6.07) is 33.5. The van der Waals surface area contributed by atoms with Crippen LogP contribution in [0.1, 0.15) is 22.3 Å². The highest BCUT2D eigenvalue weighted by Crippen LogP contribution is 2.43. The Balaban J connectivity index is 1.55. The van der Waals surface area contributed by atoms with E-state index in [1.807, 2.05) is 91.0 Å². The van der Waals surface area contributed by atoms with Crippen LogP contribution in [0.2, 0.25) is 0 Å². The normalized spacial score (nSPS) is 21.7. The molecule has 0 spiro atoms. The van der Waals surface area contributed by atoms with Crippen LogP contribution < -0.4 is 5.73 Å². The minimum absolute atomic E-state index is 0.0190. The number of nitrogens with two attached hydrogens (primary N) is 1. The molecular formula is C31H29F2NO3. The van der Waals surface area contributed by atoms with E-state index in [9.17, 15) is 13.9 Å². The molecule has 1 saturated heterocycles. The number of ether oxygens (including phenoxy) is 2. The molecule has 1 heterocycles. The molecule has 37 heavy (non-hydrogen) atoms. The summed E-state index contributed by atoms with van der Waals surface area (Å²) in [6.45, 7) is -0.406. The summed E-state index contributed by atoms with van der Waals surface area (Å²) in [5.74, 6) is -2.74. The van der Waals surface area contributed by atoms with E-state index < -0.39 is 34.8 Å². The van der Waals surface area contributed by atoms with E-state index in [1.54, 1.807) is 0 Å². The molecule has 1 aliphatic heterocycles. The zero-order valence-corrected chi connectivity index (χ0v) is 20.3. The molecule has 4 aromatic carbocycles. The summed E-state index contributed by atoms with van der Waals surface area (Å²) in [4.78, 5) is 0. The van der Waals surface area contributed by atoms with Gasteiger partial charge in [0.15, 0.2) is 11.6 Å². The fraction of sp³-hybridized carbons (Fsp3) is 0.226. The molecule has 1 unspecified atom stereocenters. The maximum atomic E-state index is 14.8. The van der Waals surface area contributed by atoms with E-state index in [1.165, 1.54) is 12.1 Å². The van der Waals surface area contributed by atoms with Crippen molar-refractivity contribution in [2.45, 2.75) is 17.2 Å². The second kappa shape index (κ2) is 10.5. The average molecular weight is 502 g/mol. The fourth-order valence-electron chi connectivity index (χ4n) is 5.36. The first-order valence-corrected chi connectivity index (χ1v) is 12.3. The van der Waals surface area contributed by atoms with Crippen LogP contribution in [0, 0.1) is 17.6 Å². The third kappa shape index (κ3) is 4.47. The maximum Gasteiger partial charge on any atom is 0.163 e. The third-order valence-electron chi connectivity index (χ3n) is 7.30. The lowest BCUT2D eigenvalue weighted by Gasteiger charge is -2.37. The van der Waals surface area contributed by atoms with Crippen molar-refractivity contribution in [3.63, 3.8) is 0 Å². The molecule has 0 aromatic heterocycles. The summed E-state index contributed by atoms with van der Waals surface area (Å²) in [5, 5.41) is 10.3. The van der Waals surface area contributed by atoms with Crippen molar-refractivity contribution < 1.29 is 23.4 Å². The largest absolute Gasteiger partial charge is 0.396 e. The van der Waals surface area contributed by atoms with Gasteiger partial charge in [-0.1, -0.05) is 103 Å². The van der Waals surface area contributed by atoms with Gasteiger partial charge in [-0.05, 0) is 22.8 Å². The van der Waals surface area contributed by atoms with Gasteiger partial charge in [0.25, 0.3) is 0 Å². The minimum atomic E-state index is -1.41. The number of aliphatic hydroxyl groups excluding tert-OH is 1. The molecule has 0 amide bonds. The molecule has 0 aliphatic carbocycles. The van der Waals surface area contributed by atoms with Crippen LogP contribution in [-0.2, 0) is 20.6 Å². The van der Waals surface area contributed by atoms with E-state index >= 15 is 0 Å². The van der Waals surface area contributed by atoms with Gasteiger partial charge in [-0.15, -0.1) is 0 Å². The second-order valence-electron chi connectivity index (χ2n) is 9.37. The third-order valence-corrected chi connectivity index (χ3v) is 7.30. The number of benzene rings is 4. The Morgan fingerprint density at radius 2 is 1.32 bits per heavy atom. The standard InChI is InChI=1S/C31H29F2NO3/c32-27-18-10-17-25(29(27)33)30(34)21-36-28(26(30)19-35)20-37-31(22-11-4-1-5-12-22,23-13-6-2-7-14-23)24-15-8-3-9-16-24/h1-18,26,28,35H,19-21,34H2/t26-,28?,30-/m1/s1. The molecule has 3 N–H and O–H groups in total. The maximum absolute atomic E-state index is 14.8. The highest BCUT2D eigenvalue weighted by Gasteiger charge is 2.50. The van der Waals surface area contributed by atoms with Crippen molar-refractivity contribution in [1.82, 2.24) is 0 Å². The van der Waals surface area contributed by atoms with Crippen LogP contribution in [0.5, 0.6) is 0 Å². The van der Waals surface area contributed by atoms with Gasteiger partial charge in [-0.25, -0.2) is 8.78 Å². The van der Waals surface area contributed by atoms with Gasteiger partial charge in [0.2, 0.25) is 0 Å². The molecule has 0 radical (unpaired) electrons. The Labute approximate surface area is 215 Å². The van der Waals surface area contributed by atoms with Crippen LogP contribution in [0.25, 0.3) is 0 Å². The second-order valence-corrected chi connectivity index (χ2v) is 9.37. The number of halogens is 2. The van der Waals surface area contributed by atoms with Crippen LogP contribution in [-0.4, -0.2) is 31.0 Å². The Kier molecular flexibility index (Phi) is 7.17. The smallest absolute Gasteiger partial charge is 0.163 e. The van der Waals surface area contributed by atoms with E-state index in [0.29, 0.717) is 0 Å². The highest BCUT2D eigenvalue weighted by atomic mass is 19.2. The van der Waals surface area contributed by atoms with E-state index in [0.717, 1.165) is 22.8 Å². The Bertz CT molecular complexity index is 1220. The zero-order chi connectivity index (χ0) is 25.9. The van der Waals surface area contributed by atoms with Gasteiger partial charge in [0.05, 0.1) is 31.5 Å². The predicted octanol–water partition coefficient (Wildman–Crippen LogP) is 5.13. The van der Waals surface area contributed by atoms with Crippen molar-refractivity contribution in [2.24, 2.45) is 11.7 Å². The molecule has 0 saturated carbocycles. The fourth-order valence-corrected chi connectivity index (χ4v) is 5.36. The van der Waals surface area contributed by atoms with Crippen LogP contribution in [0.15, 0.2) is 109 Å². The lowest BCUT2D eigenvalue weighted by Crippen LogP contribution is -2.48. The van der Waals surface area contributed by atoms with E-state index in [-0.39, 0.29) is 25.4 Å². The molecule has 5 rings (SSSR count). The van der Waals surface area contributed by atoms with Crippen molar-refractivity contribution in [1.29, 1.82) is 0 Å². The molecule has 1 fully saturated rings. The van der Waals surface area contributed by atoms with E-state index in [2.05, 4.69) is 0 Å². The lowest BCUT2D eigenvalue weighted by molar-refractivity contribution is -0.0603. The van der Waals surface area contributed by atoms with Gasteiger partial charge in [-0.3, -0.25) is 0 Å². The number of aliphatic hydroxyl groups is 1. The van der Waals surface area contributed by atoms with Crippen molar-refractivity contribution in [2.75, 3.05) is 19.8 Å². The topological polar surface area (TPSA) is 64.7 Å². The Hall–Kier alpha value is -3.42. The minimum Gasteiger partial charge on any atom is -0.396 e. The predicted molar refractivity (Wildman–Crippen MR) is 138 cm³/mol. The van der Waals surface area contributed by atoms with E-state index in [4.69, 9.17) is 15.2 Å². The Morgan fingerprint density at radius 3 is 1.81 bits per heavy atom. The van der Waals surface area contributed by atoms with Gasteiger partial charge in [0, 0.05) is 11.5 Å². The monoisotopic (exact) mass is 501 g/mol. The first-order chi connectivity index (χ1) is 18.0. The summed E-state index contributed by atoms with van der Waals surface area (Å²) < 4.78 is 41.6. The Morgan fingerprint density at radius 1 is 0.811 bits per heavy atom. The first kappa shape index (κ1) is 25.2. The molecule has 4 aromatic rings. The van der Waals surface area contributed by atoms with Gasteiger partial charge < -0.3 is 20.3 Å². The van der Waals surface area contributed by atoms with Gasteiger partial charge in [0.1, 0.15) is 5.60 Å². The SMILES string of the molecule is N[C@@]1(c2cccc(F)c2F)COC(COC(c2ccccc2)(c2ccccc2)c2ccccc2)[C@H]1CO. The van der Waals surface area contributed by atoms with Crippen LogP contribution >= 0.6 is 0 Å². The first-order valence-electron chi connectivity index (χ1n) is 12.3. The molecule has 1 aliphatic rings. The molecule has 3 atom stereocenters. The summed E-state index contributed by atoms with van der Waals surface area (Å²) in [7, 11) is 0. The van der Waals surface area contributed by atoms with Gasteiger partial charge >= 0.3 is 0 Å². The highest BCUT2D eigenvalue weighted by molar-refractivity contribution is 5.47. The zero-order valence-electron chi connectivity index (χ0n) is 20.3. The molecule has 6 heteroatoms. The van der Waals surface area contributed by atoms with Gasteiger partial charge in [-0.2, -0.15) is 0 Å². The molecule has 190 valence electrons. The van der Waals surface area contributed by atoms with Crippen LogP contribution in [0.4, 0.5) is 8.78 Å². The number of rotatable bonds is 8. The van der Waals surface area contributed by atoms with Crippen molar-refractivity contribution in [3.05, 3.63) is 143 Å². The van der Waals surface area contributed by atoms with Crippen LogP contribution in [0.3, 0.4) is 0 Å². The summed E-state index contributed by atoms with van der Waals surface area (Å²) in [5.41, 5.74) is 6.95. The summed E-state index contributed by atoms with van der Waals surface area (Å²) in [6.07, 6.45) is -0.659. The summed E-state index contributed by atoms with van der Waals surface area (Å²) >= 11 is 0. The molecular weight excluding hydrogens is 472 g/mol. The number of hydrogen-bond donors (Lipinski definition) is 2. The lowest BCUT2D eigenvalue weighted by atomic mass is 9.78. The van der Waals surface area contributed by atoms with Crippen molar-refractivity contribution in [3.8, 4) is 0 Å². The molecule has 4 nitrogen and oxygen atoms in total. The van der Waals surface area contributed by atoms with Crippen molar-refractivity contribution >= 4 is 0 Å². The average Bonchev–Trinajstić information content (AvgIpc) is 3.28.